The van der Waals surface area contributed by atoms with Crippen molar-refractivity contribution in [2.45, 2.75) is 53.6 Å². The maximum atomic E-state index is 12.3. The van der Waals surface area contributed by atoms with Crippen molar-refractivity contribution in [2.75, 3.05) is 5.32 Å². The number of benzene rings is 2. The summed E-state index contributed by atoms with van der Waals surface area (Å²) in [5, 5.41) is 6.00. The molecule has 2 aromatic rings. The molecule has 0 spiro atoms. The van der Waals surface area contributed by atoms with Crippen molar-refractivity contribution in [2.24, 2.45) is 5.73 Å². The molecule has 0 saturated heterocycles. The third kappa shape index (κ3) is 5.95. The van der Waals surface area contributed by atoms with E-state index in [1.54, 1.807) is 13.8 Å². The highest BCUT2D eigenvalue weighted by molar-refractivity contribution is 5.99. The number of hydrogen-bond donors (Lipinski definition) is 3. The van der Waals surface area contributed by atoms with E-state index in [-0.39, 0.29) is 5.91 Å². The topological polar surface area (TPSA) is 84.2 Å². The largest absolute Gasteiger partial charge is 0.383 e. The van der Waals surface area contributed by atoms with Crippen LogP contribution >= 0.6 is 0 Å². The fourth-order valence-electron chi connectivity index (χ4n) is 3.06. The normalized spacial score (nSPS) is 12.6. The van der Waals surface area contributed by atoms with Crippen LogP contribution in [0.4, 0.5) is 5.69 Å². The lowest BCUT2D eigenvalue weighted by atomic mass is 9.94. The fraction of sp³-hybridized carbons (Fsp3) is 0.333. The summed E-state index contributed by atoms with van der Waals surface area (Å²) in [4.78, 5) is 23.4. The Bertz CT molecular complexity index is 928. The molecule has 2 aromatic carbocycles. The summed E-state index contributed by atoms with van der Waals surface area (Å²) in [6, 6.07) is 12.3. The molecule has 0 aliphatic carbocycles. The molecule has 0 saturated carbocycles. The number of amides is 2. The minimum atomic E-state index is -0.704. The van der Waals surface area contributed by atoms with Crippen LogP contribution in [-0.2, 0) is 9.59 Å². The molecule has 0 radical (unpaired) electrons. The smallest absolute Gasteiger partial charge is 0.247 e. The molecule has 1 atom stereocenters. The zero-order valence-electron chi connectivity index (χ0n) is 18.1. The summed E-state index contributed by atoms with van der Waals surface area (Å²) in [7, 11) is 0. The van der Waals surface area contributed by atoms with Crippen LogP contribution in [0, 0.1) is 13.8 Å². The minimum absolute atomic E-state index is 0.300. The molecule has 0 aliphatic rings. The van der Waals surface area contributed by atoms with Gasteiger partial charge < -0.3 is 16.4 Å². The molecular weight excluding hydrogens is 362 g/mol. The van der Waals surface area contributed by atoms with Gasteiger partial charge >= 0.3 is 0 Å². The number of nitrogens with one attached hydrogen (secondary N) is 2. The maximum absolute atomic E-state index is 12.3. The summed E-state index contributed by atoms with van der Waals surface area (Å²) in [5.74, 6) is -0.859. The van der Waals surface area contributed by atoms with Crippen LogP contribution in [0.1, 0.15) is 44.4 Å². The number of nitrogens with two attached hydrogens (primary N) is 1. The van der Waals surface area contributed by atoms with Crippen molar-refractivity contribution >= 4 is 23.6 Å². The van der Waals surface area contributed by atoms with E-state index in [0.717, 1.165) is 27.9 Å². The molecule has 0 aliphatic heterocycles. The average molecular weight is 394 g/mol. The molecule has 5 heteroatoms. The molecule has 2 rings (SSSR count). The zero-order chi connectivity index (χ0) is 21.7. The van der Waals surface area contributed by atoms with Crippen LogP contribution in [0.3, 0.4) is 0 Å². The van der Waals surface area contributed by atoms with E-state index in [1.165, 1.54) is 5.56 Å². The molecule has 0 fully saturated rings. The Morgan fingerprint density at radius 2 is 1.62 bits per heavy atom. The summed E-state index contributed by atoms with van der Waals surface area (Å²) in [6.07, 6.45) is 1.84. The Kier molecular flexibility index (Phi) is 7.21. The number of carbonyl (C=O) groups excluding carboxylic acids is 2. The van der Waals surface area contributed by atoms with E-state index in [9.17, 15) is 9.59 Å². The van der Waals surface area contributed by atoms with Gasteiger partial charge in [-0.1, -0.05) is 24.3 Å². The predicted octanol–water partition coefficient (Wildman–Crippen LogP) is 4.18. The van der Waals surface area contributed by atoms with Gasteiger partial charge in [-0.05, 0) is 87.6 Å². The van der Waals surface area contributed by atoms with Gasteiger partial charge in [0, 0.05) is 17.3 Å². The summed E-state index contributed by atoms with van der Waals surface area (Å²) in [6.45, 7) is 11.6. The Morgan fingerprint density at radius 3 is 2.17 bits per heavy atom. The van der Waals surface area contributed by atoms with Crippen molar-refractivity contribution in [3.8, 4) is 11.1 Å². The highest BCUT2D eigenvalue weighted by Gasteiger charge is 2.14. The summed E-state index contributed by atoms with van der Waals surface area (Å²) >= 11 is 0. The van der Waals surface area contributed by atoms with Gasteiger partial charge in [-0.15, -0.1) is 0 Å². The Labute approximate surface area is 173 Å². The third-order valence-corrected chi connectivity index (χ3v) is 4.77. The SMILES string of the molecule is CC(=Cc1cc(C)c(-c2ccc(NC(C)C)cc2)cc1C)C(=O)N[C@@H](C)C(N)=O. The van der Waals surface area contributed by atoms with E-state index in [2.05, 4.69) is 67.8 Å². The van der Waals surface area contributed by atoms with Crippen LogP contribution in [0.5, 0.6) is 0 Å². The van der Waals surface area contributed by atoms with Crippen molar-refractivity contribution in [3.05, 3.63) is 58.7 Å². The first kappa shape index (κ1) is 22.2. The van der Waals surface area contributed by atoms with Gasteiger partial charge in [0.1, 0.15) is 6.04 Å². The van der Waals surface area contributed by atoms with Crippen molar-refractivity contribution in [1.29, 1.82) is 0 Å². The number of rotatable bonds is 7. The molecule has 0 heterocycles. The quantitative estimate of drug-likeness (QED) is 0.617. The van der Waals surface area contributed by atoms with Crippen LogP contribution in [-0.4, -0.2) is 23.9 Å². The highest BCUT2D eigenvalue weighted by Crippen LogP contribution is 2.28. The first-order valence-corrected chi connectivity index (χ1v) is 9.85. The van der Waals surface area contributed by atoms with Gasteiger partial charge in [0.25, 0.3) is 0 Å². The number of primary amides is 1. The average Bonchev–Trinajstić information content (AvgIpc) is 2.64. The zero-order valence-corrected chi connectivity index (χ0v) is 18.1. The predicted molar refractivity (Wildman–Crippen MR) is 121 cm³/mol. The molecule has 0 unspecified atom stereocenters. The standard InChI is InChI=1S/C24H31N3O2/c1-14(2)26-21-9-7-19(8-10-21)22-13-15(3)20(11-16(22)4)12-17(5)24(29)27-18(6)23(25)28/h7-14,18,26H,1-6H3,(H2,25,28)(H,27,29)/t18-/m0/s1. The van der Waals surface area contributed by atoms with E-state index >= 15 is 0 Å². The lowest BCUT2D eigenvalue weighted by Crippen LogP contribution is -2.42. The molecule has 154 valence electrons. The fourth-order valence-corrected chi connectivity index (χ4v) is 3.06. The van der Waals surface area contributed by atoms with E-state index in [1.807, 2.05) is 13.0 Å². The lowest BCUT2D eigenvalue weighted by molar-refractivity contribution is -0.124. The second-order valence-electron chi connectivity index (χ2n) is 7.82. The highest BCUT2D eigenvalue weighted by atomic mass is 16.2. The lowest BCUT2D eigenvalue weighted by Gasteiger charge is -2.14. The molecule has 2 amide bonds. The number of aryl methyl sites for hydroxylation is 2. The van der Waals surface area contributed by atoms with Gasteiger partial charge in [0.15, 0.2) is 0 Å². The van der Waals surface area contributed by atoms with Gasteiger partial charge in [-0.2, -0.15) is 0 Å². The summed E-state index contributed by atoms with van der Waals surface area (Å²) in [5.41, 5.74) is 12.3. The monoisotopic (exact) mass is 393 g/mol. The molecule has 29 heavy (non-hydrogen) atoms. The van der Waals surface area contributed by atoms with Gasteiger partial charge in [-0.25, -0.2) is 0 Å². The van der Waals surface area contributed by atoms with E-state index in [4.69, 9.17) is 5.73 Å². The van der Waals surface area contributed by atoms with E-state index in [0.29, 0.717) is 11.6 Å². The summed E-state index contributed by atoms with van der Waals surface area (Å²) < 4.78 is 0. The Morgan fingerprint density at radius 1 is 1.00 bits per heavy atom. The molecule has 0 aromatic heterocycles. The number of hydrogen-bond acceptors (Lipinski definition) is 3. The number of carbonyl (C=O) groups is 2. The third-order valence-electron chi connectivity index (χ3n) is 4.77. The van der Waals surface area contributed by atoms with Crippen LogP contribution in [0.25, 0.3) is 17.2 Å². The van der Waals surface area contributed by atoms with Crippen molar-refractivity contribution in [1.82, 2.24) is 5.32 Å². The Balaban J connectivity index is 2.27. The van der Waals surface area contributed by atoms with Gasteiger partial charge in [-0.3, -0.25) is 9.59 Å². The maximum Gasteiger partial charge on any atom is 0.247 e. The van der Waals surface area contributed by atoms with Crippen molar-refractivity contribution < 1.29 is 9.59 Å². The van der Waals surface area contributed by atoms with Crippen LogP contribution in [0.2, 0.25) is 0 Å². The van der Waals surface area contributed by atoms with Gasteiger partial charge in [0.2, 0.25) is 11.8 Å². The van der Waals surface area contributed by atoms with Crippen LogP contribution < -0.4 is 16.4 Å². The van der Waals surface area contributed by atoms with Crippen molar-refractivity contribution in [3.63, 3.8) is 0 Å². The minimum Gasteiger partial charge on any atom is -0.383 e. The van der Waals surface area contributed by atoms with Crippen LogP contribution in [0.15, 0.2) is 42.0 Å². The number of anilines is 1. The van der Waals surface area contributed by atoms with Gasteiger partial charge in [0.05, 0.1) is 0 Å². The molecular formula is C24H31N3O2. The second kappa shape index (κ2) is 9.41. The first-order valence-electron chi connectivity index (χ1n) is 9.85. The molecule has 5 nitrogen and oxygen atoms in total. The molecule has 0 bridgehead atoms. The Hall–Kier alpha value is -3.08. The second-order valence-corrected chi connectivity index (χ2v) is 7.82. The molecule has 4 N–H and O–H groups in total. The first-order chi connectivity index (χ1) is 13.6. The van der Waals surface area contributed by atoms with E-state index < -0.39 is 11.9 Å².